The van der Waals surface area contributed by atoms with E-state index in [4.69, 9.17) is 28.3 Å². The molecule has 1 amide bonds. The molecule has 0 saturated heterocycles. The van der Waals surface area contributed by atoms with Crippen LogP contribution in [0.5, 0.6) is 0 Å². The maximum absolute atomic E-state index is 13.8. The molecule has 110 valence electrons. The summed E-state index contributed by atoms with van der Waals surface area (Å²) in [5, 5.41) is 11.5. The zero-order valence-electron chi connectivity index (χ0n) is 10.9. The molecule has 21 heavy (non-hydrogen) atoms. The highest BCUT2D eigenvalue weighted by Crippen LogP contribution is 2.31. The Balaban J connectivity index is 2.39. The van der Waals surface area contributed by atoms with Crippen LogP contribution in [0.25, 0.3) is 11.1 Å². The van der Waals surface area contributed by atoms with Gasteiger partial charge in [0.25, 0.3) is 0 Å². The summed E-state index contributed by atoms with van der Waals surface area (Å²) in [6.07, 6.45) is -0.108. The van der Waals surface area contributed by atoms with Gasteiger partial charge in [0.15, 0.2) is 0 Å². The van der Waals surface area contributed by atoms with Crippen LogP contribution in [0.2, 0.25) is 10.2 Å². The number of nitrogens with one attached hydrogen (secondary N) is 1. The number of pyridine rings is 1. The second-order valence-corrected chi connectivity index (χ2v) is 5.19. The number of hydrogen-bond acceptors (Lipinski definition) is 2. The third-order valence-electron chi connectivity index (χ3n) is 2.94. The number of carboxylic acid groups (broad SMARTS) is 1. The van der Waals surface area contributed by atoms with Crippen LogP contribution in [0.3, 0.4) is 0 Å². The Morgan fingerprint density at radius 2 is 2.10 bits per heavy atom. The summed E-state index contributed by atoms with van der Waals surface area (Å²) in [7, 11) is 0. The van der Waals surface area contributed by atoms with Crippen molar-refractivity contribution in [1.29, 1.82) is 0 Å². The van der Waals surface area contributed by atoms with E-state index in [-0.39, 0.29) is 10.7 Å². The summed E-state index contributed by atoms with van der Waals surface area (Å²) >= 11 is 11.9. The zero-order chi connectivity index (χ0) is 15.6. The fourth-order valence-electron chi connectivity index (χ4n) is 1.94. The van der Waals surface area contributed by atoms with Gasteiger partial charge in [0.2, 0.25) is 0 Å². The lowest BCUT2D eigenvalue weighted by Gasteiger charge is -2.14. The van der Waals surface area contributed by atoms with E-state index in [2.05, 4.69) is 10.3 Å². The molecular weight excluding hydrogens is 318 g/mol. The van der Waals surface area contributed by atoms with Crippen LogP contribution in [-0.4, -0.2) is 16.2 Å². The lowest BCUT2D eigenvalue weighted by molar-refractivity contribution is 0.191. The molecule has 0 saturated carbocycles. The molecule has 1 atom stereocenters. The predicted molar refractivity (Wildman–Crippen MR) is 79.2 cm³/mol. The molecule has 1 heterocycles. The molecule has 0 aliphatic carbocycles. The molecule has 1 unspecified atom stereocenters. The summed E-state index contributed by atoms with van der Waals surface area (Å²) in [5.74, 6) is -0.514. The number of hydrogen-bond donors (Lipinski definition) is 2. The van der Waals surface area contributed by atoms with Crippen molar-refractivity contribution in [2.45, 2.75) is 13.0 Å². The van der Waals surface area contributed by atoms with Crippen LogP contribution in [-0.2, 0) is 0 Å². The third kappa shape index (κ3) is 3.62. The fraction of sp³-hybridized carbons (Fsp3) is 0.143. The fourth-order valence-corrected chi connectivity index (χ4v) is 2.45. The number of halogens is 3. The molecule has 0 radical (unpaired) electrons. The number of amides is 1. The molecule has 0 aliphatic heterocycles. The third-order valence-corrected chi connectivity index (χ3v) is 3.47. The number of rotatable bonds is 3. The van der Waals surface area contributed by atoms with Crippen molar-refractivity contribution in [2.75, 3.05) is 0 Å². The number of nitrogens with zero attached hydrogens (tertiary/aromatic N) is 1. The van der Waals surface area contributed by atoms with Crippen LogP contribution in [0.4, 0.5) is 9.18 Å². The molecule has 1 aromatic carbocycles. The highest BCUT2D eigenvalue weighted by molar-refractivity contribution is 6.32. The lowest BCUT2D eigenvalue weighted by atomic mass is 10.0. The Labute approximate surface area is 130 Å². The molecule has 2 rings (SSSR count). The Bertz CT molecular complexity index is 695. The van der Waals surface area contributed by atoms with E-state index in [1.807, 2.05) is 0 Å². The van der Waals surface area contributed by atoms with Gasteiger partial charge in [-0.3, -0.25) is 0 Å². The predicted octanol–water partition coefficient (Wildman–Crippen LogP) is 4.52. The molecular formula is C14H11Cl2FN2O2. The number of carbonyl (C=O) groups is 1. The van der Waals surface area contributed by atoms with Crippen LogP contribution >= 0.6 is 23.2 Å². The molecule has 0 spiro atoms. The van der Waals surface area contributed by atoms with Gasteiger partial charge in [0.1, 0.15) is 11.0 Å². The van der Waals surface area contributed by atoms with E-state index in [0.29, 0.717) is 16.1 Å². The van der Waals surface area contributed by atoms with E-state index in [1.54, 1.807) is 25.1 Å². The van der Waals surface area contributed by atoms with Crippen molar-refractivity contribution in [3.8, 4) is 11.1 Å². The molecule has 0 aliphatic rings. The first-order valence-corrected chi connectivity index (χ1v) is 6.74. The molecule has 7 heteroatoms. The van der Waals surface area contributed by atoms with Crippen LogP contribution in [0.15, 0.2) is 30.5 Å². The summed E-state index contributed by atoms with van der Waals surface area (Å²) in [5.41, 5.74) is 1.42. The monoisotopic (exact) mass is 328 g/mol. The molecule has 1 aromatic heterocycles. The van der Waals surface area contributed by atoms with Crippen LogP contribution in [0, 0.1) is 5.82 Å². The minimum atomic E-state index is -1.14. The Hall–Kier alpha value is -1.85. The Morgan fingerprint density at radius 3 is 2.71 bits per heavy atom. The van der Waals surface area contributed by atoms with Gasteiger partial charge in [-0.2, -0.15) is 0 Å². The lowest BCUT2D eigenvalue weighted by Crippen LogP contribution is -2.24. The first-order chi connectivity index (χ1) is 9.88. The van der Waals surface area contributed by atoms with Crippen LogP contribution < -0.4 is 5.32 Å². The molecule has 2 N–H and O–H groups in total. The Morgan fingerprint density at radius 1 is 1.38 bits per heavy atom. The van der Waals surface area contributed by atoms with Gasteiger partial charge in [-0.1, -0.05) is 35.3 Å². The van der Waals surface area contributed by atoms with Gasteiger partial charge in [0, 0.05) is 10.6 Å². The minimum absolute atomic E-state index is 0.174. The zero-order valence-corrected chi connectivity index (χ0v) is 12.4. The summed E-state index contributed by atoms with van der Waals surface area (Å²) in [6, 6.07) is 5.78. The van der Waals surface area contributed by atoms with Gasteiger partial charge in [-0.05, 0) is 30.2 Å². The van der Waals surface area contributed by atoms with Crippen LogP contribution in [0.1, 0.15) is 18.5 Å². The number of benzene rings is 1. The van der Waals surface area contributed by atoms with E-state index in [9.17, 15) is 9.18 Å². The van der Waals surface area contributed by atoms with Gasteiger partial charge in [0.05, 0.1) is 12.2 Å². The maximum atomic E-state index is 13.8. The number of aromatic nitrogens is 1. The van der Waals surface area contributed by atoms with Crippen molar-refractivity contribution in [2.24, 2.45) is 0 Å². The summed E-state index contributed by atoms with van der Waals surface area (Å²) in [6.45, 7) is 1.67. The first-order valence-electron chi connectivity index (χ1n) is 5.99. The largest absolute Gasteiger partial charge is 0.465 e. The SMILES string of the molecule is CC(NC(=O)O)c1ccc(-c2cc(Cl)ncc2F)cc1Cl. The summed E-state index contributed by atoms with van der Waals surface area (Å²) in [4.78, 5) is 14.3. The van der Waals surface area contributed by atoms with Gasteiger partial charge < -0.3 is 10.4 Å². The average molecular weight is 329 g/mol. The highest BCUT2D eigenvalue weighted by Gasteiger charge is 2.14. The highest BCUT2D eigenvalue weighted by atomic mass is 35.5. The van der Waals surface area contributed by atoms with Gasteiger partial charge in [-0.25, -0.2) is 14.2 Å². The summed E-state index contributed by atoms with van der Waals surface area (Å²) < 4.78 is 13.8. The van der Waals surface area contributed by atoms with Gasteiger partial charge in [-0.15, -0.1) is 0 Å². The first kappa shape index (κ1) is 15.5. The maximum Gasteiger partial charge on any atom is 0.405 e. The molecule has 0 bridgehead atoms. The van der Waals surface area contributed by atoms with E-state index in [1.165, 1.54) is 6.07 Å². The van der Waals surface area contributed by atoms with E-state index < -0.39 is 18.0 Å². The Kier molecular flexibility index (Phi) is 4.65. The minimum Gasteiger partial charge on any atom is -0.465 e. The van der Waals surface area contributed by atoms with Crippen molar-refractivity contribution in [1.82, 2.24) is 10.3 Å². The topological polar surface area (TPSA) is 62.2 Å². The average Bonchev–Trinajstić information content (AvgIpc) is 2.40. The van der Waals surface area contributed by atoms with E-state index >= 15 is 0 Å². The van der Waals surface area contributed by atoms with Crippen molar-refractivity contribution in [3.63, 3.8) is 0 Å². The van der Waals surface area contributed by atoms with E-state index in [0.717, 1.165) is 6.20 Å². The molecule has 0 fully saturated rings. The standard InChI is InChI=1S/C14H11Cl2FN2O2/c1-7(19-14(20)21)9-3-2-8(4-11(9)15)10-5-13(16)18-6-12(10)17/h2-7,19H,1H3,(H,20,21). The normalized spacial score (nSPS) is 12.0. The van der Waals surface area contributed by atoms with Crippen molar-refractivity contribution in [3.05, 3.63) is 52.0 Å². The van der Waals surface area contributed by atoms with Crippen molar-refractivity contribution >= 4 is 29.3 Å². The molecule has 4 nitrogen and oxygen atoms in total. The second-order valence-electron chi connectivity index (χ2n) is 4.39. The smallest absolute Gasteiger partial charge is 0.405 e. The molecule has 2 aromatic rings. The van der Waals surface area contributed by atoms with Crippen molar-refractivity contribution < 1.29 is 14.3 Å². The van der Waals surface area contributed by atoms with Gasteiger partial charge >= 0.3 is 6.09 Å². The quantitative estimate of drug-likeness (QED) is 0.814. The second kappa shape index (κ2) is 6.28.